The van der Waals surface area contributed by atoms with Gasteiger partial charge in [0.2, 0.25) is 0 Å². The van der Waals surface area contributed by atoms with Gasteiger partial charge < -0.3 is 28.7 Å². The minimum Gasteiger partial charge on any atom is -0.464 e. The van der Waals surface area contributed by atoms with E-state index in [1.807, 2.05) is 14.1 Å². The van der Waals surface area contributed by atoms with Crippen LogP contribution in [0.2, 0.25) is 0 Å². The first kappa shape index (κ1) is 22.0. The first-order valence-electron chi connectivity index (χ1n) is 11.5. The lowest BCUT2D eigenvalue weighted by Gasteiger charge is -2.23. The third kappa shape index (κ3) is 5.33. The Labute approximate surface area is 179 Å². The molecule has 0 aromatic carbocycles. The molecule has 4 aliphatic rings. The molecule has 0 amide bonds. The van der Waals surface area contributed by atoms with Gasteiger partial charge in [-0.25, -0.2) is 0 Å². The zero-order valence-electron chi connectivity index (χ0n) is 18.3. The lowest BCUT2D eigenvalue weighted by molar-refractivity contribution is -0.151. The van der Waals surface area contributed by atoms with Crippen LogP contribution in [0.5, 0.6) is 0 Å². The van der Waals surface area contributed by atoms with Gasteiger partial charge in [0.25, 0.3) is 0 Å². The third-order valence-corrected chi connectivity index (χ3v) is 7.12. The molecule has 0 aromatic rings. The van der Waals surface area contributed by atoms with Crippen molar-refractivity contribution in [1.82, 2.24) is 9.80 Å². The molecular formula is C22H36N2O6. The Kier molecular flexibility index (Phi) is 7.28. The predicted octanol–water partition coefficient (Wildman–Crippen LogP) is 1.07. The van der Waals surface area contributed by atoms with Gasteiger partial charge in [-0.05, 0) is 52.6 Å². The Morgan fingerprint density at radius 2 is 1.17 bits per heavy atom. The maximum Gasteiger partial charge on any atom is 0.311 e. The van der Waals surface area contributed by atoms with Crippen LogP contribution in [0.25, 0.3) is 0 Å². The molecule has 0 radical (unpaired) electrons. The second-order valence-electron chi connectivity index (χ2n) is 9.37. The number of hydrogen-bond acceptors (Lipinski definition) is 8. The number of carbonyl (C=O) groups is 2. The number of nitrogens with zero attached hydrogens (tertiary/aromatic N) is 2. The third-order valence-electron chi connectivity index (χ3n) is 7.12. The Hall–Kier alpha value is -1.22. The highest BCUT2D eigenvalue weighted by Gasteiger charge is 2.46. The van der Waals surface area contributed by atoms with Gasteiger partial charge in [-0.2, -0.15) is 0 Å². The van der Waals surface area contributed by atoms with Crippen LogP contribution in [0.1, 0.15) is 38.5 Å². The van der Waals surface area contributed by atoms with Gasteiger partial charge >= 0.3 is 11.9 Å². The Morgan fingerprint density at radius 3 is 1.50 bits per heavy atom. The summed E-state index contributed by atoms with van der Waals surface area (Å²) in [4.78, 5) is 28.7. The average Bonchev–Trinajstić information content (AvgIpc) is 3.53. The van der Waals surface area contributed by atoms with Crippen molar-refractivity contribution in [3.05, 3.63) is 0 Å². The minimum absolute atomic E-state index is 0.0612. The van der Waals surface area contributed by atoms with Crippen LogP contribution in [0, 0.1) is 11.8 Å². The Morgan fingerprint density at radius 1 is 0.733 bits per heavy atom. The minimum atomic E-state index is -0.101. The van der Waals surface area contributed by atoms with Crippen LogP contribution in [0.4, 0.5) is 0 Å². The summed E-state index contributed by atoms with van der Waals surface area (Å²) < 4.78 is 22.4. The molecule has 6 unspecified atom stereocenters. The summed E-state index contributed by atoms with van der Waals surface area (Å²) in [6.45, 7) is 3.96. The molecule has 0 saturated carbocycles. The van der Waals surface area contributed by atoms with E-state index in [4.69, 9.17) is 18.9 Å². The zero-order valence-corrected chi connectivity index (χ0v) is 18.3. The molecule has 8 nitrogen and oxygen atoms in total. The predicted molar refractivity (Wildman–Crippen MR) is 109 cm³/mol. The van der Waals surface area contributed by atoms with Crippen LogP contribution in [0.3, 0.4) is 0 Å². The van der Waals surface area contributed by atoms with Crippen LogP contribution in [-0.4, -0.2) is 99.6 Å². The summed E-state index contributed by atoms with van der Waals surface area (Å²) in [5.74, 6) is -0.325. The average molecular weight is 425 g/mol. The van der Waals surface area contributed by atoms with Crippen molar-refractivity contribution in [2.75, 3.05) is 53.5 Å². The molecule has 0 N–H and O–H groups in total. The molecule has 4 aliphatic heterocycles. The number of fused-ring (bicyclic) bond motifs is 4. The van der Waals surface area contributed by atoms with E-state index in [1.165, 1.54) is 0 Å². The monoisotopic (exact) mass is 424 g/mol. The molecule has 8 heteroatoms. The fourth-order valence-electron chi connectivity index (χ4n) is 5.16. The largest absolute Gasteiger partial charge is 0.464 e. The first-order valence-corrected chi connectivity index (χ1v) is 11.5. The van der Waals surface area contributed by atoms with E-state index in [-0.39, 0.29) is 48.2 Å². The molecule has 30 heavy (non-hydrogen) atoms. The van der Waals surface area contributed by atoms with Crippen LogP contribution >= 0.6 is 0 Å². The van der Waals surface area contributed by atoms with Gasteiger partial charge in [-0.1, -0.05) is 0 Å². The van der Waals surface area contributed by atoms with Crippen molar-refractivity contribution < 1.29 is 28.5 Å². The SMILES string of the molecule is CN(CCOC(=O)C1CC2CCC1O2)CCN(C)CCOC(=O)C1CC2CCC1O2. The highest BCUT2D eigenvalue weighted by Crippen LogP contribution is 2.40. The standard InChI is InChI=1S/C22H36N2O6/c1-23(9-11-27-21(25)17-13-15-3-5-19(17)29-15)7-8-24(2)10-12-28-22(26)18-14-16-4-6-20(18)30-16/h15-20H,3-14H2,1-2H3. The molecule has 0 spiro atoms. The maximum absolute atomic E-state index is 12.2. The first-order chi connectivity index (χ1) is 14.5. The van der Waals surface area contributed by atoms with Crippen molar-refractivity contribution in [3.8, 4) is 0 Å². The van der Waals surface area contributed by atoms with Crippen LogP contribution in [0.15, 0.2) is 0 Å². The number of hydrogen-bond donors (Lipinski definition) is 0. The van der Waals surface area contributed by atoms with E-state index in [0.29, 0.717) is 26.3 Å². The quantitative estimate of drug-likeness (QED) is 0.456. The van der Waals surface area contributed by atoms with E-state index in [9.17, 15) is 9.59 Å². The molecule has 4 bridgehead atoms. The zero-order chi connectivity index (χ0) is 21.1. The van der Waals surface area contributed by atoms with Gasteiger partial charge in [0.05, 0.1) is 36.3 Å². The topological polar surface area (TPSA) is 77.5 Å². The Bertz CT molecular complexity index is 564. The van der Waals surface area contributed by atoms with Gasteiger partial charge in [-0.15, -0.1) is 0 Å². The number of carbonyl (C=O) groups excluding carboxylic acids is 2. The van der Waals surface area contributed by atoms with Crippen molar-refractivity contribution >= 4 is 11.9 Å². The van der Waals surface area contributed by atoms with E-state index >= 15 is 0 Å². The van der Waals surface area contributed by atoms with Crippen molar-refractivity contribution in [2.45, 2.75) is 62.9 Å². The van der Waals surface area contributed by atoms with Crippen molar-refractivity contribution in [2.24, 2.45) is 11.8 Å². The molecule has 6 atom stereocenters. The summed E-state index contributed by atoms with van der Waals surface area (Å²) in [5, 5.41) is 0. The van der Waals surface area contributed by atoms with E-state index < -0.39 is 0 Å². The molecule has 4 rings (SSSR count). The smallest absolute Gasteiger partial charge is 0.311 e. The molecule has 0 aliphatic carbocycles. The number of likely N-dealkylation sites (N-methyl/N-ethyl adjacent to an activating group) is 2. The molecule has 170 valence electrons. The summed E-state index contributed by atoms with van der Waals surface area (Å²) in [6, 6.07) is 0. The van der Waals surface area contributed by atoms with Crippen LogP contribution < -0.4 is 0 Å². The van der Waals surface area contributed by atoms with Crippen molar-refractivity contribution in [3.63, 3.8) is 0 Å². The summed E-state index contributed by atoms with van der Waals surface area (Å²) in [7, 11) is 4.05. The van der Waals surface area contributed by atoms with Crippen molar-refractivity contribution in [1.29, 1.82) is 0 Å². The highest BCUT2D eigenvalue weighted by molar-refractivity contribution is 5.74. The van der Waals surface area contributed by atoms with Crippen LogP contribution in [-0.2, 0) is 28.5 Å². The molecule has 4 fully saturated rings. The fraction of sp³-hybridized carbons (Fsp3) is 0.909. The summed E-state index contributed by atoms with van der Waals surface area (Å²) >= 11 is 0. The molecule has 4 heterocycles. The second-order valence-corrected chi connectivity index (χ2v) is 9.37. The fourth-order valence-corrected chi connectivity index (χ4v) is 5.16. The maximum atomic E-state index is 12.2. The van der Waals surface area contributed by atoms with E-state index in [1.54, 1.807) is 0 Å². The molecule has 0 aromatic heterocycles. The lowest BCUT2D eigenvalue weighted by Crippen LogP contribution is -2.36. The molecule has 4 saturated heterocycles. The van der Waals surface area contributed by atoms with Gasteiger partial charge in [0, 0.05) is 26.2 Å². The highest BCUT2D eigenvalue weighted by atomic mass is 16.6. The summed E-state index contributed by atoms with van der Waals surface area (Å²) in [5.41, 5.74) is 0. The van der Waals surface area contributed by atoms with E-state index in [0.717, 1.165) is 51.6 Å². The normalized spacial score (nSPS) is 34.3. The lowest BCUT2D eigenvalue weighted by atomic mass is 9.89. The van der Waals surface area contributed by atoms with Gasteiger partial charge in [-0.3, -0.25) is 9.59 Å². The number of rotatable bonds is 11. The van der Waals surface area contributed by atoms with Gasteiger partial charge in [0.15, 0.2) is 0 Å². The van der Waals surface area contributed by atoms with E-state index in [2.05, 4.69) is 9.80 Å². The molecular weight excluding hydrogens is 388 g/mol. The Balaban J connectivity index is 1.02. The number of esters is 2. The van der Waals surface area contributed by atoms with Gasteiger partial charge in [0.1, 0.15) is 13.2 Å². The number of ether oxygens (including phenoxy) is 4. The summed E-state index contributed by atoms with van der Waals surface area (Å²) in [6.07, 6.45) is 6.49. The second kappa shape index (κ2) is 9.94.